The van der Waals surface area contributed by atoms with Gasteiger partial charge in [-0.05, 0) is 62.3 Å². The van der Waals surface area contributed by atoms with Gasteiger partial charge in [0.2, 0.25) is 0 Å². The van der Waals surface area contributed by atoms with Crippen LogP contribution in [0.15, 0.2) is 48.5 Å². The molecule has 1 heterocycles. The average Bonchev–Trinajstić information content (AvgIpc) is 3.06. The summed E-state index contributed by atoms with van der Waals surface area (Å²) in [5.41, 5.74) is 4.21. The Balaban J connectivity index is 1.58. The summed E-state index contributed by atoms with van der Waals surface area (Å²) in [5, 5.41) is 11.0. The monoisotopic (exact) mass is 437 g/mol. The molecule has 2 aromatic rings. The molecule has 1 fully saturated rings. The number of fused-ring (bicyclic) bond motifs is 3. The summed E-state index contributed by atoms with van der Waals surface area (Å²) in [4.78, 5) is 26.0. The minimum Gasteiger partial charge on any atom is -0.465 e. The van der Waals surface area contributed by atoms with Crippen LogP contribution < -0.4 is 5.84 Å². The van der Waals surface area contributed by atoms with Gasteiger partial charge in [-0.3, -0.25) is 0 Å². The van der Waals surface area contributed by atoms with Crippen molar-refractivity contribution in [2.45, 2.75) is 63.6 Å². The Morgan fingerprint density at radius 3 is 2.19 bits per heavy atom. The van der Waals surface area contributed by atoms with Crippen LogP contribution >= 0.6 is 0 Å². The molecule has 0 saturated carbocycles. The molecule has 1 aliphatic carbocycles. The zero-order chi connectivity index (χ0) is 23.0. The van der Waals surface area contributed by atoms with Crippen LogP contribution in [0.25, 0.3) is 11.1 Å². The van der Waals surface area contributed by atoms with Gasteiger partial charge in [-0.15, -0.1) is 0 Å². The van der Waals surface area contributed by atoms with Crippen LogP contribution in [0.4, 0.5) is 9.59 Å². The molecule has 2 unspecified atom stereocenters. The van der Waals surface area contributed by atoms with Crippen molar-refractivity contribution in [2.24, 2.45) is 5.84 Å². The van der Waals surface area contributed by atoms with E-state index in [0.29, 0.717) is 25.8 Å². The van der Waals surface area contributed by atoms with Gasteiger partial charge in [-0.2, -0.15) is 0 Å². The van der Waals surface area contributed by atoms with Crippen molar-refractivity contribution in [3.8, 4) is 11.1 Å². The number of likely N-dealkylation sites (tertiary alicyclic amines) is 1. The number of hydrogen-bond donors (Lipinski definition) is 2. The second kappa shape index (κ2) is 8.47. The predicted molar refractivity (Wildman–Crippen MR) is 122 cm³/mol. The van der Waals surface area contributed by atoms with Crippen LogP contribution in [0.3, 0.4) is 0 Å². The molecular formula is C25H31N3O4. The number of piperidine rings is 1. The molecule has 7 heteroatoms. The number of carbonyl (C=O) groups excluding carboxylic acids is 1. The molecule has 2 atom stereocenters. The Morgan fingerprint density at radius 1 is 1.09 bits per heavy atom. The topological polar surface area (TPSA) is 96.1 Å². The zero-order valence-corrected chi connectivity index (χ0v) is 18.8. The number of ether oxygens (including phenoxy) is 1. The summed E-state index contributed by atoms with van der Waals surface area (Å²) in [5.74, 6) is 6.23. The normalized spacial score (nSPS) is 20.4. The minimum absolute atomic E-state index is 0.0979. The summed E-state index contributed by atoms with van der Waals surface area (Å²) in [6.07, 6.45) is 0.0774. The van der Waals surface area contributed by atoms with Gasteiger partial charge in [0, 0.05) is 18.5 Å². The lowest BCUT2D eigenvalue weighted by Crippen LogP contribution is -2.56. The Kier molecular flexibility index (Phi) is 5.86. The molecule has 4 rings (SSSR count). The maximum atomic E-state index is 12.5. The number of rotatable bonds is 3. The number of carboxylic acid groups (broad SMARTS) is 1. The lowest BCUT2D eigenvalue weighted by atomic mass is 9.85. The molecule has 170 valence electrons. The maximum Gasteiger partial charge on any atom is 0.424 e. The standard InChI is InChI=1S/C25H31N3O4/c1-25(2,3)32-24(31)28(26)16-12-13-27(23(29)30)17(14-16)15-22-20-10-6-4-8-18(20)19-9-5-7-11-21(19)22/h4-11,16-17,22H,12-15,26H2,1-3H3,(H,29,30). The van der Waals surface area contributed by atoms with Crippen molar-refractivity contribution in [2.75, 3.05) is 6.54 Å². The minimum atomic E-state index is -0.936. The van der Waals surface area contributed by atoms with Gasteiger partial charge in [-0.25, -0.2) is 20.4 Å². The third-order valence-electron chi connectivity index (χ3n) is 6.40. The first-order valence-electron chi connectivity index (χ1n) is 11.1. The first-order valence-corrected chi connectivity index (χ1v) is 11.1. The van der Waals surface area contributed by atoms with E-state index in [1.807, 2.05) is 24.3 Å². The van der Waals surface area contributed by atoms with E-state index in [1.54, 1.807) is 20.8 Å². The zero-order valence-electron chi connectivity index (χ0n) is 18.8. The highest BCUT2D eigenvalue weighted by molar-refractivity contribution is 5.78. The van der Waals surface area contributed by atoms with Crippen molar-refractivity contribution in [3.63, 3.8) is 0 Å². The molecule has 0 radical (unpaired) electrons. The number of benzene rings is 2. The fourth-order valence-electron chi connectivity index (χ4n) is 5.01. The molecule has 3 N–H and O–H groups in total. The fraction of sp³-hybridized carbons (Fsp3) is 0.440. The van der Waals surface area contributed by atoms with Gasteiger partial charge < -0.3 is 14.7 Å². The second-order valence-electron chi connectivity index (χ2n) is 9.66. The molecule has 0 bridgehead atoms. The van der Waals surface area contributed by atoms with Crippen LogP contribution in [0.5, 0.6) is 0 Å². The Labute approximate surface area is 188 Å². The van der Waals surface area contributed by atoms with Gasteiger partial charge in [0.05, 0.1) is 6.04 Å². The molecule has 1 saturated heterocycles. The summed E-state index contributed by atoms with van der Waals surface area (Å²) in [7, 11) is 0. The summed E-state index contributed by atoms with van der Waals surface area (Å²) in [6, 6.07) is 16.1. The molecule has 32 heavy (non-hydrogen) atoms. The van der Waals surface area contributed by atoms with Gasteiger partial charge in [0.1, 0.15) is 5.60 Å². The molecule has 0 spiro atoms. The number of amides is 2. The quantitative estimate of drug-likeness (QED) is 0.408. The van der Waals surface area contributed by atoms with Crippen molar-refractivity contribution in [3.05, 3.63) is 59.7 Å². The number of carbonyl (C=O) groups is 2. The van der Waals surface area contributed by atoms with Crippen LogP contribution in [0.1, 0.15) is 57.1 Å². The first kappa shape index (κ1) is 22.1. The van der Waals surface area contributed by atoms with E-state index in [9.17, 15) is 14.7 Å². The van der Waals surface area contributed by atoms with E-state index in [0.717, 1.165) is 5.01 Å². The van der Waals surface area contributed by atoms with Crippen LogP contribution in [0.2, 0.25) is 0 Å². The van der Waals surface area contributed by atoms with Gasteiger partial charge >= 0.3 is 12.2 Å². The Bertz CT molecular complexity index is 971. The average molecular weight is 438 g/mol. The molecule has 2 aliphatic rings. The number of hydrogen-bond acceptors (Lipinski definition) is 4. The van der Waals surface area contributed by atoms with E-state index in [4.69, 9.17) is 10.6 Å². The van der Waals surface area contributed by atoms with Crippen molar-refractivity contribution >= 4 is 12.2 Å². The molecule has 2 aromatic carbocycles. The summed E-state index contributed by atoms with van der Waals surface area (Å²) < 4.78 is 5.42. The van der Waals surface area contributed by atoms with E-state index in [2.05, 4.69) is 24.3 Å². The van der Waals surface area contributed by atoms with Gasteiger partial charge in [0.25, 0.3) is 0 Å². The van der Waals surface area contributed by atoms with Crippen molar-refractivity contribution in [1.82, 2.24) is 9.91 Å². The SMILES string of the molecule is CC(C)(C)OC(=O)N(N)C1CCN(C(=O)O)C(CC2c3ccccc3-c3ccccc32)C1. The van der Waals surface area contributed by atoms with Gasteiger partial charge in [0.15, 0.2) is 0 Å². The third-order valence-corrected chi connectivity index (χ3v) is 6.40. The molecule has 0 aromatic heterocycles. The molecule has 7 nitrogen and oxygen atoms in total. The lowest BCUT2D eigenvalue weighted by Gasteiger charge is -2.41. The fourth-order valence-corrected chi connectivity index (χ4v) is 5.01. The second-order valence-corrected chi connectivity index (χ2v) is 9.66. The van der Waals surface area contributed by atoms with Crippen molar-refractivity contribution in [1.29, 1.82) is 0 Å². The highest BCUT2D eigenvalue weighted by Crippen LogP contribution is 2.47. The largest absolute Gasteiger partial charge is 0.465 e. The van der Waals surface area contributed by atoms with Crippen LogP contribution in [0, 0.1) is 0 Å². The Hall–Kier alpha value is -3.06. The number of nitrogens with two attached hydrogens (primary N) is 1. The lowest BCUT2D eigenvalue weighted by molar-refractivity contribution is 0.00216. The third kappa shape index (κ3) is 4.30. The Morgan fingerprint density at radius 2 is 1.66 bits per heavy atom. The molecule has 2 amide bonds. The molecule has 1 aliphatic heterocycles. The van der Waals surface area contributed by atoms with E-state index >= 15 is 0 Å². The summed E-state index contributed by atoms with van der Waals surface area (Å²) in [6.45, 7) is 5.72. The van der Waals surface area contributed by atoms with E-state index < -0.39 is 17.8 Å². The van der Waals surface area contributed by atoms with E-state index in [-0.39, 0.29) is 18.0 Å². The summed E-state index contributed by atoms with van der Waals surface area (Å²) >= 11 is 0. The van der Waals surface area contributed by atoms with E-state index in [1.165, 1.54) is 27.2 Å². The first-order chi connectivity index (χ1) is 15.2. The number of nitrogens with zero attached hydrogens (tertiary/aromatic N) is 2. The van der Waals surface area contributed by atoms with Gasteiger partial charge in [-0.1, -0.05) is 48.5 Å². The van der Waals surface area contributed by atoms with Crippen LogP contribution in [-0.2, 0) is 4.74 Å². The highest BCUT2D eigenvalue weighted by atomic mass is 16.6. The smallest absolute Gasteiger partial charge is 0.424 e. The van der Waals surface area contributed by atoms with Crippen molar-refractivity contribution < 1.29 is 19.4 Å². The maximum absolute atomic E-state index is 12.5. The highest BCUT2D eigenvalue weighted by Gasteiger charge is 2.39. The van der Waals surface area contributed by atoms with Crippen LogP contribution in [-0.4, -0.2) is 51.4 Å². The molecular weight excluding hydrogens is 406 g/mol. The predicted octanol–water partition coefficient (Wildman–Crippen LogP) is 4.81. The number of hydrazine groups is 1.